The third-order valence-electron chi connectivity index (χ3n) is 13.4. The monoisotopic (exact) mass is 812 g/mol. The van der Waals surface area contributed by atoms with Crippen LogP contribution >= 0.6 is 0 Å². The van der Waals surface area contributed by atoms with Crippen LogP contribution in [0.2, 0.25) is 0 Å². The number of aromatic nitrogens is 4. The van der Waals surface area contributed by atoms with Gasteiger partial charge < -0.3 is 9.13 Å². The predicted octanol–water partition coefficient (Wildman–Crippen LogP) is 15.8. The van der Waals surface area contributed by atoms with Gasteiger partial charge in [0.2, 0.25) is 0 Å². The summed E-state index contributed by atoms with van der Waals surface area (Å²) >= 11 is 0. The number of benzene rings is 10. The molecule has 296 valence electrons. The van der Waals surface area contributed by atoms with Gasteiger partial charge in [0.15, 0.2) is 0 Å². The Kier molecular flexibility index (Phi) is 7.36. The van der Waals surface area contributed by atoms with Gasteiger partial charge in [-0.15, -0.1) is 0 Å². The maximum atomic E-state index is 5.14. The summed E-state index contributed by atoms with van der Waals surface area (Å²) in [5.41, 5.74) is 14.7. The molecule has 0 atom stereocenters. The molecule has 0 bridgehead atoms. The topological polar surface area (TPSA) is 35.6 Å². The first-order valence-corrected chi connectivity index (χ1v) is 21.9. The molecular formula is C60H36N4. The first-order chi connectivity index (χ1) is 31.7. The quantitative estimate of drug-likeness (QED) is 0.131. The minimum absolute atomic E-state index is 0.931. The van der Waals surface area contributed by atoms with E-state index in [9.17, 15) is 0 Å². The summed E-state index contributed by atoms with van der Waals surface area (Å²) in [7, 11) is 0. The molecule has 4 aromatic heterocycles. The summed E-state index contributed by atoms with van der Waals surface area (Å²) < 4.78 is 4.91. The zero-order valence-electron chi connectivity index (χ0n) is 34.6. The van der Waals surface area contributed by atoms with E-state index >= 15 is 0 Å². The number of pyridine rings is 2. The van der Waals surface area contributed by atoms with Gasteiger partial charge in [-0.1, -0.05) is 140 Å². The van der Waals surface area contributed by atoms with Crippen LogP contribution in [0, 0.1) is 0 Å². The van der Waals surface area contributed by atoms with Crippen LogP contribution in [-0.4, -0.2) is 19.1 Å². The van der Waals surface area contributed by atoms with Crippen molar-refractivity contribution in [1.82, 2.24) is 19.1 Å². The van der Waals surface area contributed by atoms with Gasteiger partial charge >= 0.3 is 0 Å². The van der Waals surface area contributed by atoms with E-state index in [1.165, 1.54) is 87.4 Å². The molecular weight excluding hydrogens is 777 g/mol. The minimum atomic E-state index is 0.931. The van der Waals surface area contributed by atoms with Gasteiger partial charge in [-0.25, -0.2) is 4.98 Å². The van der Waals surface area contributed by atoms with Crippen LogP contribution in [0.5, 0.6) is 0 Å². The van der Waals surface area contributed by atoms with E-state index in [0.29, 0.717) is 0 Å². The highest BCUT2D eigenvalue weighted by Crippen LogP contribution is 2.43. The zero-order valence-corrected chi connectivity index (χ0v) is 34.6. The molecule has 4 heteroatoms. The third kappa shape index (κ3) is 5.11. The number of rotatable bonds is 4. The van der Waals surface area contributed by atoms with Gasteiger partial charge in [-0.2, -0.15) is 0 Å². The molecule has 0 saturated heterocycles. The fourth-order valence-electron chi connectivity index (χ4n) is 10.6. The molecule has 4 heterocycles. The minimum Gasteiger partial charge on any atom is -0.307 e. The van der Waals surface area contributed by atoms with Crippen molar-refractivity contribution in [2.45, 2.75) is 0 Å². The summed E-state index contributed by atoms with van der Waals surface area (Å²) in [6.07, 6.45) is 1.86. The van der Waals surface area contributed by atoms with Crippen molar-refractivity contribution in [3.8, 4) is 33.6 Å². The number of para-hydroxylation sites is 4. The average Bonchev–Trinajstić information content (AvgIpc) is 3.88. The van der Waals surface area contributed by atoms with E-state index < -0.39 is 0 Å². The maximum absolute atomic E-state index is 5.14. The zero-order chi connectivity index (χ0) is 41.9. The van der Waals surface area contributed by atoms with Crippen LogP contribution in [0.4, 0.5) is 0 Å². The van der Waals surface area contributed by atoms with Gasteiger partial charge in [0.25, 0.3) is 0 Å². The molecule has 0 aliphatic rings. The van der Waals surface area contributed by atoms with Crippen LogP contribution < -0.4 is 0 Å². The van der Waals surface area contributed by atoms with Gasteiger partial charge in [0, 0.05) is 60.8 Å². The summed E-state index contributed by atoms with van der Waals surface area (Å²) in [4.78, 5) is 9.90. The lowest BCUT2D eigenvalue weighted by molar-refractivity contribution is 1.15. The Bertz CT molecular complexity index is 4230. The fourth-order valence-corrected chi connectivity index (χ4v) is 10.6. The van der Waals surface area contributed by atoms with Gasteiger partial charge in [-0.3, -0.25) is 4.98 Å². The number of hydrogen-bond acceptors (Lipinski definition) is 2. The van der Waals surface area contributed by atoms with E-state index in [2.05, 4.69) is 215 Å². The Morgan fingerprint density at radius 2 is 0.859 bits per heavy atom. The largest absolute Gasteiger partial charge is 0.307 e. The molecule has 0 saturated carbocycles. The van der Waals surface area contributed by atoms with Gasteiger partial charge in [0.1, 0.15) is 0 Å². The predicted molar refractivity (Wildman–Crippen MR) is 269 cm³/mol. The summed E-state index contributed by atoms with van der Waals surface area (Å²) in [5.74, 6) is 0. The first kappa shape index (κ1) is 35.0. The van der Waals surface area contributed by atoms with Crippen molar-refractivity contribution >= 4 is 97.9 Å². The Morgan fingerprint density at radius 1 is 0.312 bits per heavy atom. The van der Waals surface area contributed by atoms with E-state index in [1.807, 2.05) is 12.3 Å². The van der Waals surface area contributed by atoms with Crippen molar-refractivity contribution in [3.05, 3.63) is 219 Å². The molecule has 0 radical (unpaired) electrons. The van der Waals surface area contributed by atoms with Crippen molar-refractivity contribution < 1.29 is 0 Å². The van der Waals surface area contributed by atoms with E-state index in [0.717, 1.165) is 44.1 Å². The number of nitrogens with zero attached hydrogens (tertiary/aromatic N) is 4. The van der Waals surface area contributed by atoms with E-state index in [1.54, 1.807) is 0 Å². The molecule has 0 aliphatic heterocycles. The molecule has 0 N–H and O–H groups in total. The lowest BCUT2D eigenvalue weighted by Gasteiger charge is -2.14. The Labute approximate surface area is 367 Å². The summed E-state index contributed by atoms with van der Waals surface area (Å²) in [6.45, 7) is 0. The third-order valence-corrected chi connectivity index (χ3v) is 13.4. The molecule has 14 rings (SSSR count). The molecule has 64 heavy (non-hydrogen) atoms. The molecule has 14 aromatic rings. The van der Waals surface area contributed by atoms with Crippen LogP contribution in [0.3, 0.4) is 0 Å². The van der Waals surface area contributed by atoms with E-state index in [4.69, 9.17) is 9.97 Å². The highest BCUT2D eigenvalue weighted by atomic mass is 15.0. The normalized spacial score (nSPS) is 12.1. The molecule has 0 aliphatic carbocycles. The molecule has 4 nitrogen and oxygen atoms in total. The smallest absolute Gasteiger partial charge is 0.0978 e. The molecule has 0 amide bonds. The highest BCUT2D eigenvalue weighted by Gasteiger charge is 2.21. The second-order valence-corrected chi connectivity index (χ2v) is 17.0. The molecule has 0 unspecified atom stereocenters. The van der Waals surface area contributed by atoms with Gasteiger partial charge in [0.05, 0.1) is 38.6 Å². The highest BCUT2D eigenvalue weighted by molar-refractivity contribution is 6.24. The van der Waals surface area contributed by atoms with Crippen LogP contribution in [0.1, 0.15) is 0 Å². The molecule has 10 aromatic carbocycles. The fraction of sp³-hybridized carbons (Fsp3) is 0. The van der Waals surface area contributed by atoms with Crippen LogP contribution in [0.25, 0.3) is 131 Å². The molecule has 0 spiro atoms. The van der Waals surface area contributed by atoms with Crippen molar-refractivity contribution in [2.24, 2.45) is 0 Å². The Balaban J connectivity index is 0.886. The first-order valence-electron chi connectivity index (χ1n) is 21.9. The summed E-state index contributed by atoms with van der Waals surface area (Å²) in [6, 6.07) is 77.4. The van der Waals surface area contributed by atoms with Crippen molar-refractivity contribution in [3.63, 3.8) is 0 Å². The molecule has 0 fully saturated rings. The van der Waals surface area contributed by atoms with Gasteiger partial charge in [-0.05, 0) is 111 Å². The second-order valence-electron chi connectivity index (χ2n) is 17.0. The summed E-state index contributed by atoms with van der Waals surface area (Å²) in [5, 5.41) is 13.2. The standard InChI is InChI=1S/C60H36N4/c1-2-12-45(13-3-1)63-54-18-8-5-14-47(54)49-30-31-50-48-15-6-9-19-55(48)64(60(50)59(49)63)46-27-24-37(25-28-46)39-20-21-40-35-44-36-42(23-22-41(44)34-43(40)33-39)56-51-16-4-7-17-53(51)62-58-52(56)29-26-38-11-10-32-61-57(38)58/h1-36H. The van der Waals surface area contributed by atoms with Crippen LogP contribution in [-0.2, 0) is 0 Å². The van der Waals surface area contributed by atoms with Crippen molar-refractivity contribution in [1.29, 1.82) is 0 Å². The van der Waals surface area contributed by atoms with Crippen molar-refractivity contribution in [2.75, 3.05) is 0 Å². The Morgan fingerprint density at radius 3 is 1.56 bits per heavy atom. The Hall–Kier alpha value is -8.60. The number of fused-ring (bicyclic) bond motifs is 13. The van der Waals surface area contributed by atoms with Crippen LogP contribution in [0.15, 0.2) is 219 Å². The van der Waals surface area contributed by atoms with E-state index in [-0.39, 0.29) is 0 Å². The lowest BCUT2D eigenvalue weighted by Crippen LogP contribution is -1.98. The lowest BCUT2D eigenvalue weighted by atomic mass is 9.92. The number of hydrogen-bond donors (Lipinski definition) is 0. The second kappa shape index (κ2) is 13.4. The maximum Gasteiger partial charge on any atom is 0.0978 e. The SMILES string of the molecule is c1ccc(-n2c3ccccc3c3ccc4c5ccccc5n(-c5ccc(-c6ccc7cc8cc(-c9c%10ccccc%10nc%10c9ccc9cccnc9%10)ccc8cc7c6)cc5)c4c32)cc1. The average molecular weight is 813 g/mol.